The van der Waals surface area contributed by atoms with Crippen molar-refractivity contribution in [2.75, 3.05) is 13.1 Å². The number of rotatable bonds is 2. The van der Waals surface area contributed by atoms with E-state index in [1.807, 2.05) is 6.92 Å². The maximum atomic E-state index is 5.31. The Balaban J connectivity index is 1.82. The normalized spacial score (nSPS) is 19.9. The molecule has 1 unspecified atom stereocenters. The van der Waals surface area contributed by atoms with Gasteiger partial charge in [-0.2, -0.15) is 4.98 Å². The van der Waals surface area contributed by atoms with Crippen molar-refractivity contribution >= 4 is 0 Å². The van der Waals surface area contributed by atoms with Gasteiger partial charge in [0.05, 0.1) is 5.92 Å². The van der Waals surface area contributed by atoms with Gasteiger partial charge in [0.25, 0.3) is 0 Å². The van der Waals surface area contributed by atoms with Crippen LogP contribution >= 0.6 is 0 Å². The highest BCUT2D eigenvalue weighted by atomic mass is 16.5. The van der Waals surface area contributed by atoms with Gasteiger partial charge in [0.1, 0.15) is 0 Å². The molecule has 6 nitrogen and oxygen atoms in total. The molecule has 6 heteroatoms. The second-order valence-corrected chi connectivity index (χ2v) is 4.58. The standard InChI is InChI=1S/C12H15N5O/c1-8-5-14-10(15-6-8)11-16-12(18-17-11)9-3-2-4-13-7-9/h5-6,9,13H,2-4,7H2,1H3. The van der Waals surface area contributed by atoms with Crippen LogP contribution in [0.15, 0.2) is 16.9 Å². The van der Waals surface area contributed by atoms with Crippen LogP contribution in [0, 0.1) is 6.92 Å². The molecule has 2 aromatic rings. The molecule has 1 fully saturated rings. The maximum Gasteiger partial charge on any atom is 0.240 e. The summed E-state index contributed by atoms with van der Waals surface area (Å²) in [5, 5.41) is 7.28. The van der Waals surface area contributed by atoms with Gasteiger partial charge in [0.15, 0.2) is 0 Å². The summed E-state index contributed by atoms with van der Waals surface area (Å²) in [5.41, 5.74) is 1.01. The molecule has 1 saturated heterocycles. The second kappa shape index (κ2) is 4.81. The first-order valence-corrected chi connectivity index (χ1v) is 6.16. The first kappa shape index (κ1) is 11.3. The molecule has 0 bridgehead atoms. The Kier molecular flexibility index (Phi) is 3.02. The molecule has 1 aliphatic rings. The van der Waals surface area contributed by atoms with Gasteiger partial charge in [-0.3, -0.25) is 0 Å². The van der Waals surface area contributed by atoms with Gasteiger partial charge in [-0.1, -0.05) is 5.16 Å². The van der Waals surface area contributed by atoms with Crippen LogP contribution in [0.25, 0.3) is 11.6 Å². The zero-order chi connectivity index (χ0) is 12.4. The first-order chi connectivity index (χ1) is 8.83. The van der Waals surface area contributed by atoms with Gasteiger partial charge in [0, 0.05) is 18.9 Å². The van der Waals surface area contributed by atoms with Crippen molar-refractivity contribution in [3.63, 3.8) is 0 Å². The molecule has 1 N–H and O–H groups in total. The van der Waals surface area contributed by atoms with Crippen LogP contribution in [-0.4, -0.2) is 33.2 Å². The molecule has 1 atom stereocenters. The molecular weight excluding hydrogens is 230 g/mol. The number of aryl methyl sites for hydroxylation is 1. The summed E-state index contributed by atoms with van der Waals surface area (Å²) in [6.45, 7) is 3.91. The van der Waals surface area contributed by atoms with Crippen LogP contribution in [0.4, 0.5) is 0 Å². The van der Waals surface area contributed by atoms with Gasteiger partial charge in [-0.05, 0) is 31.9 Å². The Bertz CT molecular complexity index is 516. The third-order valence-corrected chi connectivity index (χ3v) is 3.07. The number of piperidine rings is 1. The van der Waals surface area contributed by atoms with Gasteiger partial charge >= 0.3 is 0 Å². The molecule has 0 aromatic carbocycles. The number of nitrogens with zero attached hydrogens (tertiary/aromatic N) is 4. The molecule has 94 valence electrons. The summed E-state index contributed by atoms with van der Waals surface area (Å²) >= 11 is 0. The van der Waals surface area contributed by atoms with E-state index in [1.54, 1.807) is 12.4 Å². The van der Waals surface area contributed by atoms with Crippen molar-refractivity contribution in [3.05, 3.63) is 23.8 Å². The van der Waals surface area contributed by atoms with Crippen LogP contribution in [0.1, 0.15) is 30.2 Å². The number of nitrogens with one attached hydrogen (secondary N) is 1. The van der Waals surface area contributed by atoms with E-state index in [-0.39, 0.29) is 0 Å². The largest absolute Gasteiger partial charge is 0.339 e. The number of aromatic nitrogens is 4. The van der Waals surface area contributed by atoms with E-state index in [2.05, 4.69) is 25.4 Å². The van der Waals surface area contributed by atoms with Gasteiger partial charge in [-0.25, -0.2) is 9.97 Å². The van der Waals surface area contributed by atoms with Crippen molar-refractivity contribution in [1.29, 1.82) is 0 Å². The average molecular weight is 245 g/mol. The van der Waals surface area contributed by atoms with Crippen LogP contribution in [0.3, 0.4) is 0 Å². The predicted molar refractivity (Wildman–Crippen MR) is 64.9 cm³/mol. The number of hydrogen-bond acceptors (Lipinski definition) is 6. The lowest BCUT2D eigenvalue weighted by molar-refractivity contribution is 0.322. The predicted octanol–water partition coefficient (Wildman–Crippen LogP) is 1.30. The van der Waals surface area contributed by atoms with E-state index in [0.717, 1.165) is 31.5 Å². The molecule has 0 amide bonds. The molecule has 3 heterocycles. The second-order valence-electron chi connectivity index (χ2n) is 4.58. The van der Waals surface area contributed by atoms with Crippen LogP contribution < -0.4 is 5.32 Å². The van der Waals surface area contributed by atoms with E-state index in [1.165, 1.54) is 0 Å². The third kappa shape index (κ3) is 2.24. The van der Waals surface area contributed by atoms with Crippen molar-refractivity contribution < 1.29 is 4.52 Å². The molecule has 3 rings (SSSR count). The summed E-state index contributed by atoms with van der Waals surface area (Å²) in [6, 6.07) is 0. The minimum Gasteiger partial charge on any atom is -0.339 e. The van der Waals surface area contributed by atoms with Crippen molar-refractivity contribution in [1.82, 2.24) is 25.4 Å². The topological polar surface area (TPSA) is 76.7 Å². The molecule has 0 radical (unpaired) electrons. The molecule has 1 aliphatic heterocycles. The molecule has 2 aromatic heterocycles. The lowest BCUT2D eigenvalue weighted by atomic mass is 10.00. The molecule has 18 heavy (non-hydrogen) atoms. The Morgan fingerprint density at radius 1 is 1.28 bits per heavy atom. The molecule has 0 saturated carbocycles. The van der Waals surface area contributed by atoms with Crippen molar-refractivity contribution in [2.45, 2.75) is 25.7 Å². The Labute approximate surface area is 105 Å². The molecule has 0 aliphatic carbocycles. The van der Waals surface area contributed by atoms with E-state index >= 15 is 0 Å². The van der Waals surface area contributed by atoms with Crippen LogP contribution in [0.5, 0.6) is 0 Å². The SMILES string of the molecule is Cc1cnc(-c2noc(C3CCCNC3)n2)nc1. The lowest BCUT2D eigenvalue weighted by Crippen LogP contribution is -2.28. The van der Waals surface area contributed by atoms with Crippen LogP contribution in [-0.2, 0) is 0 Å². The minimum absolute atomic E-state index is 0.311. The van der Waals surface area contributed by atoms with Gasteiger partial charge in [-0.15, -0.1) is 0 Å². The Morgan fingerprint density at radius 3 is 2.83 bits per heavy atom. The summed E-state index contributed by atoms with van der Waals surface area (Å²) in [7, 11) is 0. The van der Waals surface area contributed by atoms with Gasteiger partial charge in [0.2, 0.25) is 17.5 Å². The molecule has 0 spiro atoms. The smallest absolute Gasteiger partial charge is 0.240 e. The fourth-order valence-corrected chi connectivity index (χ4v) is 2.06. The van der Waals surface area contributed by atoms with Crippen LogP contribution in [0.2, 0.25) is 0 Å². The molecular formula is C12H15N5O. The summed E-state index contributed by atoms with van der Waals surface area (Å²) in [4.78, 5) is 12.8. The fourth-order valence-electron chi connectivity index (χ4n) is 2.06. The Hall–Kier alpha value is -1.82. The maximum absolute atomic E-state index is 5.31. The van der Waals surface area contributed by atoms with Gasteiger partial charge < -0.3 is 9.84 Å². The summed E-state index contributed by atoms with van der Waals surface area (Å²) < 4.78 is 5.31. The third-order valence-electron chi connectivity index (χ3n) is 3.07. The summed E-state index contributed by atoms with van der Waals surface area (Å²) in [6.07, 6.45) is 5.73. The van der Waals surface area contributed by atoms with Crippen molar-refractivity contribution in [3.8, 4) is 11.6 Å². The zero-order valence-electron chi connectivity index (χ0n) is 10.3. The number of hydrogen-bond donors (Lipinski definition) is 1. The lowest BCUT2D eigenvalue weighted by Gasteiger charge is -2.18. The van der Waals surface area contributed by atoms with E-state index in [4.69, 9.17) is 4.52 Å². The zero-order valence-corrected chi connectivity index (χ0v) is 10.3. The minimum atomic E-state index is 0.311. The first-order valence-electron chi connectivity index (χ1n) is 6.16. The Morgan fingerprint density at radius 2 is 2.11 bits per heavy atom. The monoisotopic (exact) mass is 245 g/mol. The average Bonchev–Trinajstić information content (AvgIpc) is 2.90. The highest BCUT2D eigenvalue weighted by Gasteiger charge is 2.22. The van der Waals surface area contributed by atoms with E-state index in [9.17, 15) is 0 Å². The summed E-state index contributed by atoms with van der Waals surface area (Å²) in [5.74, 6) is 1.97. The highest BCUT2D eigenvalue weighted by Crippen LogP contribution is 2.23. The fraction of sp³-hybridized carbons (Fsp3) is 0.500. The van der Waals surface area contributed by atoms with Crippen molar-refractivity contribution in [2.24, 2.45) is 0 Å². The highest BCUT2D eigenvalue weighted by molar-refractivity contribution is 5.41. The quantitative estimate of drug-likeness (QED) is 0.859. The van der Waals surface area contributed by atoms with E-state index in [0.29, 0.717) is 23.5 Å². The van der Waals surface area contributed by atoms with E-state index < -0.39 is 0 Å².